The van der Waals surface area contributed by atoms with Crippen LogP contribution >= 0.6 is 0 Å². The summed E-state index contributed by atoms with van der Waals surface area (Å²) in [6, 6.07) is 9.44. The van der Waals surface area contributed by atoms with Crippen molar-refractivity contribution in [2.45, 2.75) is 33.2 Å². The van der Waals surface area contributed by atoms with Gasteiger partial charge < -0.3 is 20.1 Å². The van der Waals surface area contributed by atoms with Gasteiger partial charge in [0.1, 0.15) is 23.9 Å². The summed E-state index contributed by atoms with van der Waals surface area (Å²) in [6.07, 6.45) is 0. The van der Waals surface area contributed by atoms with Crippen molar-refractivity contribution in [1.82, 2.24) is 9.97 Å². The summed E-state index contributed by atoms with van der Waals surface area (Å²) in [5, 5.41) is 6.55. The fraction of sp³-hybridized carbons (Fsp3) is 0.444. The van der Waals surface area contributed by atoms with Crippen LogP contribution in [-0.2, 0) is 0 Å². The van der Waals surface area contributed by atoms with Gasteiger partial charge in [-0.05, 0) is 52.0 Å². The average Bonchev–Trinajstić information content (AvgIpc) is 2.50. The molecule has 2 aromatic rings. The van der Waals surface area contributed by atoms with Crippen LogP contribution in [0.5, 0.6) is 11.5 Å². The molecule has 2 N–H and O–H groups in total. The summed E-state index contributed by atoms with van der Waals surface area (Å²) in [5.41, 5.74) is 0.866. The number of methoxy groups -OCH3 is 1. The lowest BCUT2D eigenvalue weighted by molar-refractivity contribution is 0.331. The zero-order valence-electron chi connectivity index (χ0n) is 15.0. The van der Waals surface area contributed by atoms with E-state index >= 15 is 0 Å². The van der Waals surface area contributed by atoms with Crippen LogP contribution in [0.15, 0.2) is 30.3 Å². The number of ether oxygens (including phenoxy) is 2. The smallest absolute Gasteiger partial charge is 0.224 e. The third-order valence-electron chi connectivity index (χ3n) is 3.07. The van der Waals surface area contributed by atoms with Gasteiger partial charge in [-0.25, -0.2) is 4.98 Å². The Bertz CT molecular complexity index is 651. The van der Waals surface area contributed by atoms with E-state index in [0.717, 1.165) is 23.0 Å². The van der Waals surface area contributed by atoms with E-state index in [-0.39, 0.29) is 5.54 Å². The predicted molar refractivity (Wildman–Crippen MR) is 97.1 cm³/mol. The largest absolute Gasteiger partial charge is 0.497 e. The van der Waals surface area contributed by atoms with E-state index in [1.54, 1.807) is 7.11 Å². The number of hydrogen-bond donors (Lipinski definition) is 2. The van der Waals surface area contributed by atoms with Crippen LogP contribution in [0.3, 0.4) is 0 Å². The van der Waals surface area contributed by atoms with Crippen LogP contribution in [0, 0.1) is 6.92 Å². The summed E-state index contributed by atoms with van der Waals surface area (Å²) in [5.74, 6) is 3.03. The lowest BCUT2D eigenvalue weighted by Gasteiger charge is -2.21. The van der Waals surface area contributed by atoms with Gasteiger partial charge in [0.15, 0.2) is 0 Å². The Kier molecular flexibility index (Phi) is 5.84. The molecule has 0 aliphatic heterocycles. The monoisotopic (exact) mass is 330 g/mol. The quantitative estimate of drug-likeness (QED) is 0.757. The number of benzene rings is 1. The molecule has 0 spiro atoms. The molecule has 24 heavy (non-hydrogen) atoms. The minimum absolute atomic E-state index is 0.0461. The number of rotatable bonds is 7. The molecule has 1 aromatic heterocycles. The van der Waals surface area contributed by atoms with E-state index in [2.05, 4.69) is 41.4 Å². The van der Waals surface area contributed by atoms with E-state index in [1.807, 2.05) is 37.3 Å². The molecule has 2 rings (SSSR count). The minimum atomic E-state index is -0.0461. The maximum absolute atomic E-state index is 5.68. The van der Waals surface area contributed by atoms with Crippen molar-refractivity contribution in [2.75, 3.05) is 30.9 Å². The third kappa shape index (κ3) is 5.95. The lowest BCUT2D eigenvalue weighted by atomic mass is 10.1. The number of aromatic nitrogens is 2. The van der Waals surface area contributed by atoms with E-state index < -0.39 is 0 Å². The predicted octanol–water partition coefficient (Wildman–Crippen LogP) is 3.49. The van der Waals surface area contributed by atoms with Crippen LogP contribution < -0.4 is 20.1 Å². The van der Waals surface area contributed by atoms with Gasteiger partial charge in [0.25, 0.3) is 0 Å². The molecule has 0 saturated carbocycles. The normalized spacial score (nSPS) is 11.0. The molecular formula is C18H26N4O2. The van der Waals surface area contributed by atoms with Crippen molar-refractivity contribution in [3.63, 3.8) is 0 Å². The average molecular weight is 330 g/mol. The fourth-order valence-corrected chi connectivity index (χ4v) is 2.10. The standard InChI is InChI=1S/C18H26N4O2/c1-13-12-16(22-18(2,3)4)21-17(20-13)19-10-11-24-15-8-6-14(23-5)7-9-15/h6-9,12H,10-11H2,1-5H3,(H2,19,20,21,22). The van der Waals surface area contributed by atoms with Crippen LogP contribution in [0.2, 0.25) is 0 Å². The van der Waals surface area contributed by atoms with Crippen LogP contribution in [0.25, 0.3) is 0 Å². The highest BCUT2D eigenvalue weighted by Crippen LogP contribution is 2.17. The van der Waals surface area contributed by atoms with Crippen molar-refractivity contribution in [2.24, 2.45) is 0 Å². The van der Waals surface area contributed by atoms with Gasteiger partial charge in [-0.3, -0.25) is 0 Å². The minimum Gasteiger partial charge on any atom is -0.497 e. The Hall–Kier alpha value is -2.50. The molecule has 0 atom stereocenters. The first kappa shape index (κ1) is 17.8. The van der Waals surface area contributed by atoms with Gasteiger partial charge >= 0.3 is 0 Å². The highest BCUT2D eigenvalue weighted by Gasteiger charge is 2.11. The molecular weight excluding hydrogens is 304 g/mol. The molecule has 1 heterocycles. The van der Waals surface area contributed by atoms with E-state index in [4.69, 9.17) is 9.47 Å². The summed E-state index contributed by atoms with van der Waals surface area (Å²) in [4.78, 5) is 8.88. The number of nitrogens with zero attached hydrogens (tertiary/aromatic N) is 2. The number of anilines is 2. The van der Waals surface area contributed by atoms with Crippen LogP contribution in [0.1, 0.15) is 26.5 Å². The maximum atomic E-state index is 5.68. The molecule has 0 aliphatic carbocycles. The third-order valence-corrected chi connectivity index (χ3v) is 3.07. The number of aryl methyl sites for hydroxylation is 1. The second kappa shape index (κ2) is 7.86. The Morgan fingerprint density at radius 2 is 1.71 bits per heavy atom. The van der Waals surface area contributed by atoms with Crippen LogP contribution in [-0.4, -0.2) is 35.8 Å². The van der Waals surface area contributed by atoms with Crippen LogP contribution in [0.4, 0.5) is 11.8 Å². The first-order valence-electron chi connectivity index (χ1n) is 8.00. The first-order chi connectivity index (χ1) is 11.4. The van der Waals surface area contributed by atoms with Gasteiger partial charge in [0.05, 0.1) is 13.7 Å². The topological polar surface area (TPSA) is 68.3 Å². The Morgan fingerprint density at radius 1 is 1.04 bits per heavy atom. The SMILES string of the molecule is COc1ccc(OCCNc2nc(C)cc(NC(C)(C)C)n2)cc1. The zero-order valence-corrected chi connectivity index (χ0v) is 15.0. The molecule has 130 valence electrons. The van der Waals surface area contributed by atoms with Crippen molar-refractivity contribution >= 4 is 11.8 Å². The van der Waals surface area contributed by atoms with Crippen molar-refractivity contribution in [3.8, 4) is 11.5 Å². The van der Waals surface area contributed by atoms with Crippen molar-refractivity contribution in [1.29, 1.82) is 0 Å². The highest BCUT2D eigenvalue weighted by atomic mass is 16.5. The second-order valence-corrected chi connectivity index (χ2v) is 6.54. The second-order valence-electron chi connectivity index (χ2n) is 6.54. The van der Waals surface area contributed by atoms with Gasteiger partial charge in [0.2, 0.25) is 5.95 Å². The first-order valence-corrected chi connectivity index (χ1v) is 8.00. The summed E-state index contributed by atoms with van der Waals surface area (Å²) < 4.78 is 10.8. The molecule has 0 fully saturated rings. The molecule has 0 amide bonds. The Morgan fingerprint density at radius 3 is 2.33 bits per heavy atom. The van der Waals surface area contributed by atoms with E-state index in [9.17, 15) is 0 Å². The summed E-state index contributed by atoms with van der Waals surface area (Å²) in [7, 11) is 1.64. The fourth-order valence-electron chi connectivity index (χ4n) is 2.10. The van der Waals surface area contributed by atoms with Gasteiger partial charge in [-0.15, -0.1) is 0 Å². The van der Waals surface area contributed by atoms with Gasteiger partial charge in [0, 0.05) is 17.3 Å². The molecule has 6 heteroatoms. The lowest BCUT2D eigenvalue weighted by Crippen LogP contribution is -2.27. The number of nitrogens with one attached hydrogen (secondary N) is 2. The maximum Gasteiger partial charge on any atom is 0.224 e. The van der Waals surface area contributed by atoms with Gasteiger partial charge in [-0.2, -0.15) is 4.98 Å². The molecule has 1 aromatic carbocycles. The Labute approximate surface area is 143 Å². The van der Waals surface area contributed by atoms with Crippen molar-refractivity contribution < 1.29 is 9.47 Å². The van der Waals surface area contributed by atoms with E-state index in [0.29, 0.717) is 19.1 Å². The van der Waals surface area contributed by atoms with Gasteiger partial charge in [-0.1, -0.05) is 0 Å². The summed E-state index contributed by atoms with van der Waals surface area (Å²) in [6.45, 7) is 9.38. The molecule has 0 aliphatic rings. The molecule has 0 radical (unpaired) electrons. The highest BCUT2D eigenvalue weighted by molar-refractivity contribution is 5.43. The van der Waals surface area contributed by atoms with Crippen molar-refractivity contribution in [3.05, 3.63) is 36.0 Å². The summed E-state index contributed by atoms with van der Waals surface area (Å²) >= 11 is 0. The molecule has 0 bridgehead atoms. The molecule has 0 unspecified atom stereocenters. The molecule has 6 nitrogen and oxygen atoms in total. The molecule has 0 saturated heterocycles. The number of hydrogen-bond acceptors (Lipinski definition) is 6. The Balaban J connectivity index is 1.85. The van der Waals surface area contributed by atoms with E-state index in [1.165, 1.54) is 0 Å². The zero-order chi connectivity index (χ0) is 17.6.